The second-order valence-electron chi connectivity index (χ2n) is 6.99. The molecule has 0 aliphatic carbocycles. The lowest BCUT2D eigenvalue weighted by Gasteiger charge is -2.28. The number of benzene rings is 2. The molecule has 9 heteroatoms. The molecule has 4 rings (SSSR count). The number of hydrogen-bond donors (Lipinski definition) is 1. The van der Waals surface area contributed by atoms with Gasteiger partial charge in [-0.2, -0.15) is 4.98 Å². The van der Waals surface area contributed by atoms with E-state index in [9.17, 15) is 9.59 Å². The van der Waals surface area contributed by atoms with Crippen LogP contribution in [0.15, 0.2) is 53.1 Å². The van der Waals surface area contributed by atoms with Crippen LogP contribution in [-0.4, -0.2) is 41.2 Å². The molecular weight excluding hydrogens is 400 g/mol. The number of carbonyl (C=O) groups excluding carboxylic acids is 2. The van der Waals surface area contributed by atoms with Gasteiger partial charge in [0.1, 0.15) is 18.0 Å². The van der Waals surface area contributed by atoms with Crippen molar-refractivity contribution in [3.8, 4) is 11.5 Å². The summed E-state index contributed by atoms with van der Waals surface area (Å²) in [5.74, 6) is 1.55. The summed E-state index contributed by atoms with van der Waals surface area (Å²) < 4.78 is 15.7. The van der Waals surface area contributed by atoms with E-state index in [1.165, 1.54) is 0 Å². The molecule has 1 fully saturated rings. The summed E-state index contributed by atoms with van der Waals surface area (Å²) >= 11 is 0. The highest BCUT2D eigenvalue weighted by molar-refractivity contribution is 6.09. The Balaban J connectivity index is 1.77. The average molecular weight is 422 g/mol. The van der Waals surface area contributed by atoms with Crippen LogP contribution in [0.3, 0.4) is 0 Å². The second kappa shape index (κ2) is 8.10. The number of aryl methyl sites for hydroxylation is 1. The van der Waals surface area contributed by atoms with E-state index in [2.05, 4.69) is 15.5 Å². The predicted octanol–water partition coefficient (Wildman–Crippen LogP) is 2.64. The molecule has 1 aliphatic rings. The molecule has 1 saturated heterocycles. The molecule has 1 aliphatic heterocycles. The minimum Gasteiger partial charge on any atom is -0.497 e. The maximum Gasteiger partial charge on any atom is 0.326 e. The normalized spacial score (nSPS) is 15.1. The molecule has 2 heterocycles. The molecule has 0 spiro atoms. The van der Waals surface area contributed by atoms with Gasteiger partial charge >= 0.3 is 6.03 Å². The molecule has 0 unspecified atom stereocenters. The fraction of sp³-hybridized carbons (Fsp3) is 0.273. The Morgan fingerprint density at radius 2 is 1.52 bits per heavy atom. The minimum atomic E-state index is -1.41. The zero-order valence-electron chi connectivity index (χ0n) is 17.4. The average Bonchev–Trinajstić information content (AvgIpc) is 3.37. The van der Waals surface area contributed by atoms with Crippen molar-refractivity contribution in [2.45, 2.75) is 25.4 Å². The number of ether oxygens (including phenoxy) is 2. The molecule has 31 heavy (non-hydrogen) atoms. The first-order valence-corrected chi connectivity index (χ1v) is 9.76. The van der Waals surface area contributed by atoms with Crippen molar-refractivity contribution in [1.82, 2.24) is 20.4 Å². The smallest absolute Gasteiger partial charge is 0.326 e. The molecule has 3 amide bonds. The highest BCUT2D eigenvalue weighted by atomic mass is 16.5. The molecule has 0 radical (unpaired) electrons. The number of methoxy groups -OCH3 is 2. The maximum absolute atomic E-state index is 13.7. The van der Waals surface area contributed by atoms with Gasteiger partial charge in [-0.05, 0) is 35.4 Å². The lowest BCUT2D eigenvalue weighted by Crippen LogP contribution is -2.45. The summed E-state index contributed by atoms with van der Waals surface area (Å²) in [6.07, 6.45) is 0.589. The quantitative estimate of drug-likeness (QED) is 0.583. The second-order valence-corrected chi connectivity index (χ2v) is 6.99. The van der Waals surface area contributed by atoms with Crippen LogP contribution in [0.4, 0.5) is 4.79 Å². The van der Waals surface area contributed by atoms with E-state index in [1.807, 2.05) is 6.92 Å². The minimum absolute atomic E-state index is 0.119. The van der Waals surface area contributed by atoms with Crippen LogP contribution in [0, 0.1) is 0 Å². The van der Waals surface area contributed by atoms with Crippen molar-refractivity contribution < 1.29 is 23.6 Å². The van der Waals surface area contributed by atoms with Crippen molar-refractivity contribution in [3.63, 3.8) is 0 Å². The SMILES string of the molecule is CCc1noc(CN2C(=O)NC(c3ccc(OC)cc3)(c3ccc(OC)cc3)C2=O)n1. The summed E-state index contributed by atoms with van der Waals surface area (Å²) in [6.45, 7) is 1.77. The van der Waals surface area contributed by atoms with Crippen LogP contribution in [0.5, 0.6) is 11.5 Å². The van der Waals surface area contributed by atoms with Gasteiger partial charge in [0.15, 0.2) is 11.4 Å². The molecule has 9 nitrogen and oxygen atoms in total. The number of hydrogen-bond acceptors (Lipinski definition) is 7. The van der Waals surface area contributed by atoms with Gasteiger partial charge in [0.05, 0.1) is 14.2 Å². The number of rotatable bonds is 7. The number of aromatic nitrogens is 2. The highest BCUT2D eigenvalue weighted by Crippen LogP contribution is 2.38. The summed E-state index contributed by atoms with van der Waals surface area (Å²) in [5, 5.41) is 6.72. The highest BCUT2D eigenvalue weighted by Gasteiger charge is 2.54. The fourth-order valence-electron chi connectivity index (χ4n) is 3.59. The van der Waals surface area contributed by atoms with E-state index in [0.29, 0.717) is 34.9 Å². The van der Waals surface area contributed by atoms with Crippen LogP contribution < -0.4 is 14.8 Å². The third-order valence-corrected chi connectivity index (χ3v) is 5.27. The van der Waals surface area contributed by atoms with Gasteiger partial charge in [0, 0.05) is 6.42 Å². The van der Waals surface area contributed by atoms with E-state index < -0.39 is 17.5 Å². The van der Waals surface area contributed by atoms with Crippen molar-refractivity contribution in [2.75, 3.05) is 14.2 Å². The zero-order valence-corrected chi connectivity index (χ0v) is 17.4. The maximum atomic E-state index is 13.7. The fourth-order valence-corrected chi connectivity index (χ4v) is 3.59. The Hall–Kier alpha value is -3.88. The Kier molecular flexibility index (Phi) is 5.33. The lowest BCUT2D eigenvalue weighted by molar-refractivity contribution is -0.130. The monoisotopic (exact) mass is 422 g/mol. The number of nitrogens with zero attached hydrogens (tertiary/aromatic N) is 3. The molecule has 3 aromatic rings. The summed E-state index contributed by atoms with van der Waals surface area (Å²) in [7, 11) is 3.13. The van der Waals surface area contributed by atoms with Crippen LogP contribution >= 0.6 is 0 Å². The van der Waals surface area contributed by atoms with Gasteiger partial charge in [-0.3, -0.25) is 9.69 Å². The lowest BCUT2D eigenvalue weighted by atomic mass is 9.82. The number of amides is 3. The van der Waals surface area contributed by atoms with Crippen LogP contribution in [-0.2, 0) is 23.3 Å². The number of nitrogens with one attached hydrogen (secondary N) is 1. The number of carbonyl (C=O) groups is 2. The summed E-state index contributed by atoms with van der Waals surface area (Å²) in [4.78, 5) is 31.9. The first-order chi connectivity index (χ1) is 15.0. The van der Waals surface area contributed by atoms with Crippen molar-refractivity contribution in [1.29, 1.82) is 0 Å². The van der Waals surface area contributed by atoms with E-state index >= 15 is 0 Å². The number of imide groups is 1. The third kappa shape index (κ3) is 3.48. The third-order valence-electron chi connectivity index (χ3n) is 5.27. The van der Waals surface area contributed by atoms with Gasteiger partial charge in [-0.25, -0.2) is 4.79 Å². The standard InChI is InChI=1S/C22H22N4O5/c1-4-18-23-19(31-25-18)13-26-20(27)22(24-21(26)28,14-5-9-16(29-2)10-6-14)15-7-11-17(30-3)12-8-15/h5-12H,4,13H2,1-3H3,(H,24,28). The molecule has 160 valence electrons. The predicted molar refractivity (Wildman–Crippen MR) is 110 cm³/mol. The summed E-state index contributed by atoms with van der Waals surface area (Å²) in [5.41, 5.74) is -0.221. The van der Waals surface area contributed by atoms with Crippen LogP contribution in [0.2, 0.25) is 0 Å². The van der Waals surface area contributed by atoms with Gasteiger partial charge in [0.2, 0.25) is 5.89 Å². The van der Waals surface area contributed by atoms with Crippen molar-refractivity contribution >= 4 is 11.9 Å². The van der Waals surface area contributed by atoms with Crippen LogP contribution in [0.25, 0.3) is 0 Å². The number of urea groups is 1. The molecule has 2 aromatic carbocycles. The molecule has 1 aromatic heterocycles. The van der Waals surface area contributed by atoms with E-state index in [4.69, 9.17) is 14.0 Å². The van der Waals surface area contributed by atoms with Crippen LogP contribution in [0.1, 0.15) is 29.8 Å². The Morgan fingerprint density at radius 3 is 1.97 bits per heavy atom. The summed E-state index contributed by atoms with van der Waals surface area (Å²) in [6, 6.07) is 13.5. The van der Waals surface area contributed by atoms with Gasteiger partial charge in [-0.15, -0.1) is 0 Å². The Labute approximate surface area is 179 Å². The molecule has 0 bridgehead atoms. The molecule has 1 N–H and O–H groups in total. The molecule has 0 saturated carbocycles. The zero-order chi connectivity index (χ0) is 22.0. The molecular formula is C22H22N4O5. The Bertz CT molecular complexity index is 1040. The van der Waals surface area contributed by atoms with Gasteiger partial charge in [0.25, 0.3) is 5.91 Å². The van der Waals surface area contributed by atoms with E-state index in [0.717, 1.165) is 4.90 Å². The Morgan fingerprint density at radius 1 is 0.968 bits per heavy atom. The van der Waals surface area contributed by atoms with Gasteiger partial charge in [-0.1, -0.05) is 36.3 Å². The van der Waals surface area contributed by atoms with E-state index in [-0.39, 0.29) is 12.4 Å². The first kappa shape index (κ1) is 20.4. The largest absolute Gasteiger partial charge is 0.497 e. The van der Waals surface area contributed by atoms with E-state index in [1.54, 1.807) is 62.8 Å². The first-order valence-electron chi connectivity index (χ1n) is 9.76. The van der Waals surface area contributed by atoms with Gasteiger partial charge < -0.3 is 19.3 Å². The van der Waals surface area contributed by atoms with Crippen molar-refractivity contribution in [3.05, 3.63) is 71.4 Å². The topological polar surface area (TPSA) is 107 Å². The molecule has 0 atom stereocenters. The van der Waals surface area contributed by atoms with Crippen molar-refractivity contribution in [2.24, 2.45) is 0 Å².